The molecule has 0 unspecified atom stereocenters. The summed E-state index contributed by atoms with van der Waals surface area (Å²) in [5.74, 6) is 2.88. The molecule has 2 aromatic rings. The molecule has 2 aliphatic heterocycles. The molecule has 0 saturated carbocycles. The van der Waals surface area contributed by atoms with Gasteiger partial charge in [0.2, 0.25) is 11.5 Å². The number of methoxy groups -OCH3 is 4. The Kier molecular flexibility index (Phi) is 17.5. The van der Waals surface area contributed by atoms with Crippen LogP contribution in [0.3, 0.4) is 0 Å². The standard InChI is InChI=1S/2C19H30N2O6/c2*1-19(2,3)27-18(22)20-14-12-15(23-4)17(24-5)16(13-14)26-11-8-21-6-9-25-10-7-21/h2*12-13H,6-11H2,1-5H3,(H,20,22). The Hall–Kier alpha value is -4.38. The molecule has 16 nitrogen and oxygen atoms in total. The SMILES string of the molecule is COc1cc(NC(=O)OC(C)(C)C)cc(OCCN2CCOCC2)c1OC.COc1cc(NC(=O)OC(C)(C)C)cc(OCCN2CCOCC2)c1OC. The highest BCUT2D eigenvalue weighted by molar-refractivity contribution is 5.87. The Balaban J connectivity index is 0.000000290. The van der Waals surface area contributed by atoms with Crippen LogP contribution in [0.15, 0.2) is 24.3 Å². The van der Waals surface area contributed by atoms with E-state index >= 15 is 0 Å². The number of hydrogen-bond donors (Lipinski definition) is 2. The van der Waals surface area contributed by atoms with Crippen LogP contribution in [0, 0.1) is 0 Å². The number of carbonyl (C=O) groups excluding carboxylic acids is 2. The highest BCUT2D eigenvalue weighted by atomic mass is 16.6. The number of nitrogens with one attached hydrogen (secondary N) is 2. The molecule has 0 bridgehead atoms. The quantitative estimate of drug-likeness (QED) is 0.248. The molecular formula is C38H60N4O12. The number of rotatable bonds is 14. The van der Waals surface area contributed by atoms with E-state index in [0.717, 1.165) is 65.7 Å². The van der Waals surface area contributed by atoms with E-state index in [4.69, 9.17) is 47.4 Å². The summed E-state index contributed by atoms with van der Waals surface area (Å²) in [6.45, 7) is 19.9. The fourth-order valence-electron chi connectivity index (χ4n) is 5.28. The molecule has 0 aliphatic carbocycles. The molecule has 2 aromatic carbocycles. The molecule has 0 atom stereocenters. The van der Waals surface area contributed by atoms with E-state index < -0.39 is 23.4 Å². The maximum absolute atomic E-state index is 12.0. The second kappa shape index (κ2) is 21.5. The van der Waals surface area contributed by atoms with Crippen LogP contribution in [0.5, 0.6) is 34.5 Å². The lowest BCUT2D eigenvalue weighted by atomic mass is 10.2. The van der Waals surface area contributed by atoms with E-state index in [1.807, 2.05) is 0 Å². The molecule has 2 fully saturated rings. The van der Waals surface area contributed by atoms with Crippen molar-refractivity contribution in [2.24, 2.45) is 0 Å². The monoisotopic (exact) mass is 764 g/mol. The smallest absolute Gasteiger partial charge is 0.412 e. The molecule has 2 amide bonds. The Morgan fingerprint density at radius 1 is 0.574 bits per heavy atom. The van der Waals surface area contributed by atoms with Gasteiger partial charge in [-0.05, 0) is 41.5 Å². The van der Waals surface area contributed by atoms with Crippen molar-refractivity contribution in [1.82, 2.24) is 9.80 Å². The first-order valence-electron chi connectivity index (χ1n) is 18.0. The zero-order valence-corrected chi connectivity index (χ0v) is 33.6. The summed E-state index contributed by atoms with van der Waals surface area (Å²) < 4.78 is 54.7. The number of hydrogen-bond acceptors (Lipinski definition) is 14. The van der Waals surface area contributed by atoms with Crippen molar-refractivity contribution in [2.75, 3.05) is 118 Å². The highest BCUT2D eigenvalue weighted by Crippen LogP contribution is 2.41. The number of anilines is 2. The van der Waals surface area contributed by atoms with Crippen molar-refractivity contribution < 1.29 is 57.0 Å². The van der Waals surface area contributed by atoms with Crippen molar-refractivity contribution in [2.45, 2.75) is 52.7 Å². The molecule has 54 heavy (non-hydrogen) atoms. The average molecular weight is 765 g/mol. The Bertz CT molecular complexity index is 1360. The predicted molar refractivity (Wildman–Crippen MR) is 204 cm³/mol. The molecule has 0 radical (unpaired) electrons. The minimum absolute atomic E-state index is 0.465. The van der Waals surface area contributed by atoms with Crippen molar-refractivity contribution in [1.29, 1.82) is 0 Å². The summed E-state index contributed by atoms with van der Waals surface area (Å²) in [6.07, 6.45) is -1.09. The van der Waals surface area contributed by atoms with Gasteiger partial charge in [-0.25, -0.2) is 9.59 Å². The lowest BCUT2D eigenvalue weighted by molar-refractivity contribution is 0.0320. The zero-order chi connectivity index (χ0) is 39.7. The summed E-state index contributed by atoms with van der Waals surface area (Å²) in [6, 6.07) is 6.73. The number of ether oxygens (including phenoxy) is 10. The number of carbonyl (C=O) groups is 2. The van der Waals surface area contributed by atoms with Gasteiger partial charge in [-0.15, -0.1) is 0 Å². The topological polar surface area (TPSA) is 157 Å². The van der Waals surface area contributed by atoms with Crippen LogP contribution < -0.4 is 39.1 Å². The van der Waals surface area contributed by atoms with Gasteiger partial charge in [0.05, 0.1) is 66.2 Å². The highest BCUT2D eigenvalue weighted by Gasteiger charge is 2.21. The first-order chi connectivity index (χ1) is 25.6. The van der Waals surface area contributed by atoms with E-state index in [9.17, 15) is 9.59 Å². The van der Waals surface area contributed by atoms with E-state index in [-0.39, 0.29) is 0 Å². The summed E-state index contributed by atoms with van der Waals surface area (Å²) in [4.78, 5) is 28.6. The van der Waals surface area contributed by atoms with E-state index in [1.54, 1.807) is 80.0 Å². The molecular weight excluding hydrogens is 704 g/mol. The third kappa shape index (κ3) is 15.5. The van der Waals surface area contributed by atoms with Crippen LogP contribution in [0.2, 0.25) is 0 Å². The van der Waals surface area contributed by atoms with Crippen molar-refractivity contribution in [3.8, 4) is 34.5 Å². The second-order valence-corrected chi connectivity index (χ2v) is 14.3. The normalized spacial score (nSPS) is 15.1. The third-order valence-corrected chi connectivity index (χ3v) is 7.72. The molecule has 2 N–H and O–H groups in total. The Morgan fingerprint density at radius 2 is 0.907 bits per heavy atom. The largest absolute Gasteiger partial charge is 0.493 e. The molecule has 0 spiro atoms. The van der Waals surface area contributed by atoms with Crippen LogP contribution >= 0.6 is 0 Å². The number of benzene rings is 2. The zero-order valence-electron chi connectivity index (χ0n) is 33.6. The van der Waals surface area contributed by atoms with Gasteiger partial charge in [-0.1, -0.05) is 0 Å². The number of nitrogens with zero attached hydrogens (tertiary/aromatic N) is 2. The second-order valence-electron chi connectivity index (χ2n) is 14.3. The Morgan fingerprint density at radius 3 is 1.20 bits per heavy atom. The van der Waals surface area contributed by atoms with Crippen molar-refractivity contribution in [3.05, 3.63) is 24.3 Å². The minimum atomic E-state index is -0.585. The van der Waals surface area contributed by atoms with Crippen LogP contribution in [0.4, 0.5) is 21.0 Å². The lowest BCUT2D eigenvalue weighted by Crippen LogP contribution is -2.38. The Labute approximate surface area is 319 Å². The first kappa shape index (κ1) is 44.0. The summed E-state index contributed by atoms with van der Waals surface area (Å²) in [7, 11) is 6.17. The van der Waals surface area contributed by atoms with Crippen LogP contribution in [-0.4, -0.2) is 141 Å². The van der Waals surface area contributed by atoms with Crippen LogP contribution in [-0.2, 0) is 18.9 Å². The molecule has 16 heteroatoms. The number of amides is 2. The van der Waals surface area contributed by atoms with Crippen molar-refractivity contribution in [3.63, 3.8) is 0 Å². The summed E-state index contributed by atoms with van der Waals surface area (Å²) in [5.41, 5.74) is -0.164. The molecule has 2 saturated heterocycles. The van der Waals surface area contributed by atoms with Crippen LogP contribution in [0.1, 0.15) is 41.5 Å². The van der Waals surface area contributed by atoms with Gasteiger partial charge in [0.25, 0.3) is 0 Å². The fourth-order valence-corrected chi connectivity index (χ4v) is 5.28. The molecule has 0 aromatic heterocycles. The van der Waals surface area contributed by atoms with Crippen molar-refractivity contribution >= 4 is 23.6 Å². The predicted octanol–water partition coefficient (Wildman–Crippen LogP) is 5.52. The first-order valence-corrected chi connectivity index (χ1v) is 18.0. The summed E-state index contributed by atoms with van der Waals surface area (Å²) in [5, 5.41) is 5.40. The maximum atomic E-state index is 12.0. The van der Waals surface area contributed by atoms with E-state index in [2.05, 4.69) is 20.4 Å². The van der Waals surface area contributed by atoms with Crippen LogP contribution in [0.25, 0.3) is 0 Å². The van der Waals surface area contributed by atoms with Gasteiger partial charge >= 0.3 is 12.2 Å². The fraction of sp³-hybridized carbons (Fsp3) is 0.632. The van der Waals surface area contributed by atoms with Gasteiger partial charge in [-0.2, -0.15) is 0 Å². The average Bonchev–Trinajstić information content (AvgIpc) is 3.10. The summed E-state index contributed by atoms with van der Waals surface area (Å²) >= 11 is 0. The maximum Gasteiger partial charge on any atom is 0.412 e. The number of morpholine rings is 2. The van der Waals surface area contributed by atoms with Gasteiger partial charge in [0.15, 0.2) is 23.0 Å². The minimum Gasteiger partial charge on any atom is -0.493 e. The lowest BCUT2D eigenvalue weighted by Gasteiger charge is -2.26. The third-order valence-electron chi connectivity index (χ3n) is 7.72. The van der Waals surface area contributed by atoms with Gasteiger partial charge in [0.1, 0.15) is 24.4 Å². The van der Waals surface area contributed by atoms with Gasteiger partial charge < -0.3 is 47.4 Å². The van der Waals surface area contributed by atoms with E-state index in [0.29, 0.717) is 59.1 Å². The van der Waals surface area contributed by atoms with Gasteiger partial charge in [0, 0.05) is 63.5 Å². The van der Waals surface area contributed by atoms with E-state index in [1.165, 1.54) is 14.2 Å². The molecule has 304 valence electrons. The van der Waals surface area contributed by atoms with Gasteiger partial charge in [-0.3, -0.25) is 20.4 Å². The molecule has 2 heterocycles. The molecule has 4 rings (SSSR count). The molecule has 2 aliphatic rings.